The molecule has 3 aromatic rings. The van der Waals surface area contributed by atoms with E-state index in [4.69, 9.17) is 0 Å². The number of pyridine rings is 1. The summed E-state index contributed by atoms with van der Waals surface area (Å²) in [6, 6.07) is 4.92. The summed E-state index contributed by atoms with van der Waals surface area (Å²) in [5.74, 6) is -0.809. The van der Waals surface area contributed by atoms with Crippen molar-refractivity contribution >= 4 is 22.5 Å². The van der Waals surface area contributed by atoms with Crippen molar-refractivity contribution in [2.24, 2.45) is 7.05 Å². The first kappa shape index (κ1) is 15.1. The van der Waals surface area contributed by atoms with Gasteiger partial charge in [-0.25, -0.2) is 9.37 Å². The second-order valence-electron chi connectivity index (χ2n) is 5.62. The third-order valence-corrected chi connectivity index (χ3v) is 3.93. The zero-order valence-corrected chi connectivity index (χ0v) is 13.4. The van der Waals surface area contributed by atoms with Crippen LogP contribution >= 0.6 is 0 Å². The van der Waals surface area contributed by atoms with E-state index >= 15 is 0 Å². The largest absolute Gasteiger partial charge is 0.324 e. The minimum atomic E-state index is -0.500. The van der Waals surface area contributed by atoms with Crippen molar-refractivity contribution in [2.45, 2.75) is 20.8 Å². The van der Waals surface area contributed by atoms with Crippen LogP contribution in [0.4, 0.5) is 10.1 Å². The normalized spacial score (nSPS) is 11.0. The first-order chi connectivity index (χ1) is 10.9. The van der Waals surface area contributed by atoms with E-state index in [1.54, 1.807) is 16.9 Å². The van der Waals surface area contributed by atoms with Crippen molar-refractivity contribution in [2.75, 3.05) is 5.32 Å². The van der Waals surface area contributed by atoms with Crippen molar-refractivity contribution in [3.8, 4) is 11.3 Å². The van der Waals surface area contributed by atoms with E-state index in [-0.39, 0.29) is 11.6 Å². The zero-order valence-electron chi connectivity index (χ0n) is 13.4. The van der Waals surface area contributed by atoms with E-state index in [1.807, 2.05) is 27.0 Å². The molecular weight excluding hydrogens is 295 g/mol. The molecule has 1 N–H and O–H groups in total. The maximum atomic E-state index is 14.2. The topological polar surface area (TPSA) is 59.8 Å². The molecule has 0 radical (unpaired) electrons. The highest BCUT2D eigenvalue weighted by Gasteiger charge is 2.13. The van der Waals surface area contributed by atoms with Crippen LogP contribution in [0.5, 0.6) is 0 Å². The second-order valence-corrected chi connectivity index (χ2v) is 5.62. The number of carbonyl (C=O) groups excluding carboxylic acids is 1. The summed E-state index contributed by atoms with van der Waals surface area (Å²) in [5.41, 5.74) is 4.35. The molecule has 6 heteroatoms. The van der Waals surface area contributed by atoms with Crippen LogP contribution in [0.3, 0.4) is 0 Å². The summed E-state index contributed by atoms with van der Waals surface area (Å²) in [6.45, 7) is 5.25. The molecule has 0 saturated heterocycles. The number of hydrogen-bond acceptors (Lipinski definition) is 3. The van der Waals surface area contributed by atoms with Gasteiger partial charge in [0.15, 0.2) is 0 Å². The van der Waals surface area contributed by atoms with Gasteiger partial charge < -0.3 is 5.32 Å². The summed E-state index contributed by atoms with van der Waals surface area (Å²) in [6.07, 6.45) is 1.75. The first-order valence-corrected chi connectivity index (χ1v) is 7.24. The molecule has 3 rings (SSSR count). The minimum Gasteiger partial charge on any atom is -0.324 e. The Balaban J connectivity index is 2.19. The van der Waals surface area contributed by atoms with Gasteiger partial charge in [0.05, 0.1) is 23.1 Å². The zero-order chi connectivity index (χ0) is 16.7. The van der Waals surface area contributed by atoms with Crippen LogP contribution in [0.1, 0.15) is 18.2 Å². The Bertz CT molecular complexity index is 930. The fraction of sp³-hybridized carbons (Fsp3) is 0.235. The Kier molecular flexibility index (Phi) is 3.60. The molecule has 23 heavy (non-hydrogen) atoms. The highest BCUT2D eigenvalue weighted by Crippen LogP contribution is 2.29. The smallest absolute Gasteiger partial charge is 0.221 e. The number of anilines is 1. The Labute approximate surface area is 133 Å². The molecule has 2 heterocycles. The van der Waals surface area contributed by atoms with Gasteiger partial charge in [-0.15, -0.1) is 0 Å². The molecule has 118 valence electrons. The lowest BCUT2D eigenvalue weighted by Gasteiger charge is -2.10. The lowest BCUT2D eigenvalue weighted by molar-refractivity contribution is -0.114. The van der Waals surface area contributed by atoms with Crippen LogP contribution in [-0.4, -0.2) is 20.7 Å². The third-order valence-electron chi connectivity index (χ3n) is 3.93. The number of amides is 1. The summed E-state index contributed by atoms with van der Waals surface area (Å²) >= 11 is 0. The SMILES string of the molecule is CC(=O)Nc1cc2c(C)cc(-c3cnn(C)c3C)nc2cc1F. The van der Waals surface area contributed by atoms with Crippen molar-refractivity contribution in [1.82, 2.24) is 14.8 Å². The molecule has 0 atom stereocenters. The number of benzene rings is 1. The standard InChI is InChI=1S/C17H17FN4O/c1-9-5-15(13-8-19-22(4)10(13)2)21-16-7-14(18)17(6-12(9)16)20-11(3)23/h5-8H,1-4H3,(H,20,23). The van der Waals surface area contributed by atoms with Gasteiger partial charge in [0.25, 0.3) is 0 Å². The molecular formula is C17H17FN4O. The molecule has 0 unspecified atom stereocenters. The molecule has 2 aromatic heterocycles. The van der Waals surface area contributed by atoms with Gasteiger partial charge >= 0.3 is 0 Å². The quantitative estimate of drug-likeness (QED) is 0.789. The summed E-state index contributed by atoms with van der Waals surface area (Å²) in [5, 5.41) is 7.52. The molecule has 1 amide bonds. The number of carbonyl (C=O) groups is 1. The first-order valence-electron chi connectivity index (χ1n) is 7.24. The van der Waals surface area contributed by atoms with Crippen LogP contribution in [0, 0.1) is 19.7 Å². The lowest BCUT2D eigenvalue weighted by atomic mass is 10.0. The molecule has 0 bridgehead atoms. The summed E-state index contributed by atoms with van der Waals surface area (Å²) in [4.78, 5) is 15.7. The predicted molar refractivity (Wildman–Crippen MR) is 87.7 cm³/mol. The van der Waals surface area contributed by atoms with Crippen LogP contribution < -0.4 is 5.32 Å². The van der Waals surface area contributed by atoms with E-state index < -0.39 is 5.82 Å². The lowest BCUT2D eigenvalue weighted by Crippen LogP contribution is -2.07. The monoisotopic (exact) mass is 312 g/mol. The van der Waals surface area contributed by atoms with Gasteiger partial charge in [-0.1, -0.05) is 0 Å². The Morgan fingerprint density at radius 2 is 2.00 bits per heavy atom. The second kappa shape index (κ2) is 5.46. The van der Waals surface area contributed by atoms with Gasteiger partial charge in [0, 0.05) is 36.7 Å². The Hall–Kier alpha value is -2.76. The van der Waals surface area contributed by atoms with E-state index in [9.17, 15) is 9.18 Å². The number of nitrogens with zero attached hydrogens (tertiary/aromatic N) is 3. The average molecular weight is 312 g/mol. The minimum absolute atomic E-state index is 0.167. The van der Waals surface area contributed by atoms with E-state index in [0.29, 0.717) is 5.52 Å². The van der Waals surface area contributed by atoms with Crippen molar-refractivity contribution in [3.63, 3.8) is 0 Å². The Morgan fingerprint density at radius 3 is 2.61 bits per heavy atom. The fourth-order valence-corrected chi connectivity index (χ4v) is 2.59. The average Bonchev–Trinajstić information content (AvgIpc) is 2.80. The number of hydrogen-bond donors (Lipinski definition) is 1. The van der Waals surface area contributed by atoms with Crippen LogP contribution in [0.2, 0.25) is 0 Å². The number of fused-ring (bicyclic) bond motifs is 1. The van der Waals surface area contributed by atoms with E-state index in [0.717, 1.165) is 27.9 Å². The molecule has 5 nitrogen and oxygen atoms in total. The molecule has 0 aliphatic carbocycles. The van der Waals surface area contributed by atoms with Crippen LogP contribution in [0.25, 0.3) is 22.2 Å². The maximum absolute atomic E-state index is 14.2. The van der Waals surface area contributed by atoms with Crippen molar-refractivity contribution < 1.29 is 9.18 Å². The molecule has 0 aliphatic heterocycles. The summed E-state index contributed by atoms with van der Waals surface area (Å²) < 4.78 is 15.9. The molecule has 0 fully saturated rings. The highest BCUT2D eigenvalue weighted by molar-refractivity contribution is 5.94. The highest BCUT2D eigenvalue weighted by atomic mass is 19.1. The number of aromatic nitrogens is 3. The van der Waals surface area contributed by atoms with E-state index in [1.165, 1.54) is 13.0 Å². The van der Waals surface area contributed by atoms with Crippen molar-refractivity contribution in [3.05, 3.63) is 41.5 Å². The van der Waals surface area contributed by atoms with Gasteiger partial charge in [-0.2, -0.15) is 5.10 Å². The van der Waals surface area contributed by atoms with E-state index in [2.05, 4.69) is 15.4 Å². The van der Waals surface area contributed by atoms with Gasteiger partial charge in [-0.05, 0) is 31.5 Å². The Morgan fingerprint density at radius 1 is 1.26 bits per heavy atom. The molecule has 1 aromatic carbocycles. The number of rotatable bonds is 2. The number of aryl methyl sites for hydroxylation is 2. The van der Waals surface area contributed by atoms with Gasteiger partial charge in [-0.3, -0.25) is 9.48 Å². The molecule has 0 saturated carbocycles. The summed E-state index contributed by atoms with van der Waals surface area (Å²) in [7, 11) is 1.87. The maximum Gasteiger partial charge on any atom is 0.221 e. The van der Waals surface area contributed by atoms with Crippen molar-refractivity contribution in [1.29, 1.82) is 0 Å². The number of nitrogens with one attached hydrogen (secondary N) is 1. The van der Waals surface area contributed by atoms with Gasteiger partial charge in [0.2, 0.25) is 5.91 Å². The predicted octanol–water partition coefficient (Wildman–Crippen LogP) is 3.35. The van der Waals surface area contributed by atoms with Gasteiger partial charge in [0.1, 0.15) is 5.82 Å². The third kappa shape index (κ3) is 2.67. The molecule has 0 aliphatic rings. The molecule has 0 spiro atoms. The fourth-order valence-electron chi connectivity index (χ4n) is 2.59. The van der Waals surface area contributed by atoms with Crippen LogP contribution in [0.15, 0.2) is 24.4 Å². The number of halogens is 1. The van der Waals surface area contributed by atoms with Crippen LogP contribution in [-0.2, 0) is 11.8 Å².